The highest BCUT2D eigenvalue weighted by Crippen LogP contribution is 2.26. The third-order valence-corrected chi connectivity index (χ3v) is 7.06. The van der Waals surface area contributed by atoms with Gasteiger partial charge in [0.15, 0.2) is 0 Å². The molecular formula is C20H25ClN2O3S. The van der Waals surface area contributed by atoms with E-state index in [2.05, 4.69) is 17.0 Å². The number of halogens is 1. The minimum atomic E-state index is -3.56. The van der Waals surface area contributed by atoms with Crippen molar-refractivity contribution in [2.75, 3.05) is 32.8 Å². The van der Waals surface area contributed by atoms with E-state index in [9.17, 15) is 8.42 Å². The van der Waals surface area contributed by atoms with Gasteiger partial charge in [-0.1, -0.05) is 29.8 Å². The average molecular weight is 409 g/mol. The summed E-state index contributed by atoms with van der Waals surface area (Å²) in [6.07, 6.45) is 0. The van der Waals surface area contributed by atoms with Crippen molar-refractivity contribution in [2.24, 2.45) is 0 Å². The molecule has 0 bridgehead atoms. The molecule has 0 atom stereocenters. The molecule has 1 saturated heterocycles. The quantitative estimate of drug-likeness (QED) is 0.733. The second-order valence-corrected chi connectivity index (χ2v) is 9.00. The second-order valence-electron chi connectivity index (χ2n) is 6.69. The lowest BCUT2D eigenvalue weighted by Gasteiger charge is -2.34. The number of sulfonamides is 1. The first-order chi connectivity index (χ1) is 12.9. The SMILES string of the molecule is CCOc1ccc(CN2CCN(S(=O)(=O)c3ccc(C)cc3Cl)CC2)cc1. The molecule has 7 heteroatoms. The van der Waals surface area contributed by atoms with Gasteiger partial charge in [-0.3, -0.25) is 4.90 Å². The molecule has 1 fully saturated rings. The standard InChI is InChI=1S/C20H25ClN2O3S/c1-3-26-18-7-5-17(6-8-18)15-22-10-12-23(13-11-22)27(24,25)20-9-4-16(2)14-19(20)21/h4-9,14H,3,10-13,15H2,1-2H3. The van der Waals surface area contributed by atoms with Crippen LogP contribution >= 0.6 is 11.6 Å². The van der Waals surface area contributed by atoms with Gasteiger partial charge in [0.25, 0.3) is 0 Å². The van der Waals surface area contributed by atoms with Crippen LogP contribution in [0, 0.1) is 6.92 Å². The van der Waals surface area contributed by atoms with Crippen molar-refractivity contribution < 1.29 is 13.2 Å². The van der Waals surface area contributed by atoms with Gasteiger partial charge in [0, 0.05) is 32.7 Å². The Morgan fingerprint density at radius 3 is 2.30 bits per heavy atom. The highest BCUT2D eigenvalue weighted by molar-refractivity contribution is 7.89. The summed E-state index contributed by atoms with van der Waals surface area (Å²) >= 11 is 6.18. The minimum absolute atomic E-state index is 0.190. The van der Waals surface area contributed by atoms with Crippen LogP contribution in [0.25, 0.3) is 0 Å². The van der Waals surface area contributed by atoms with Gasteiger partial charge in [0.1, 0.15) is 10.6 Å². The second kappa shape index (κ2) is 8.61. The highest BCUT2D eigenvalue weighted by atomic mass is 35.5. The van der Waals surface area contributed by atoms with E-state index in [1.54, 1.807) is 18.2 Å². The van der Waals surface area contributed by atoms with Gasteiger partial charge in [-0.05, 0) is 49.2 Å². The van der Waals surface area contributed by atoms with E-state index < -0.39 is 10.0 Å². The molecule has 27 heavy (non-hydrogen) atoms. The maximum atomic E-state index is 12.9. The van der Waals surface area contributed by atoms with Crippen molar-refractivity contribution >= 4 is 21.6 Å². The van der Waals surface area contributed by atoms with Crippen molar-refractivity contribution in [1.29, 1.82) is 0 Å². The number of nitrogens with zero attached hydrogens (tertiary/aromatic N) is 2. The molecule has 2 aromatic rings. The van der Waals surface area contributed by atoms with Crippen LogP contribution in [0.2, 0.25) is 5.02 Å². The Labute approximate surface area is 166 Å². The molecule has 5 nitrogen and oxygen atoms in total. The summed E-state index contributed by atoms with van der Waals surface area (Å²) in [6, 6.07) is 13.1. The summed E-state index contributed by atoms with van der Waals surface area (Å²) in [4.78, 5) is 2.45. The van der Waals surface area contributed by atoms with Gasteiger partial charge >= 0.3 is 0 Å². The molecule has 0 aliphatic carbocycles. The van der Waals surface area contributed by atoms with Crippen LogP contribution in [0.1, 0.15) is 18.1 Å². The van der Waals surface area contributed by atoms with Crippen LogP contribution in [-0.2, 0) is 16.6 Å². The van der Waals surface area contributed by atoms with Crippen molar-refractivity contribution in [2.45, 2.75) is 25.3 Å². The maximum Gasteiger partial charge on any atom is 0.244 e. The molecule has 3 rings (SSSR count). The predicted molar refractivity (Wildman–Crippen MR) is 108 cm³/mol. The fourth-order valence-electron chi connectivity index (χ4n) is 3.20. The van der Waals surface area contributed by atoms with Crippen LogP contribution < -0.4 is 4.74 Å². The zero-order chi connectivity index (χ0) is 19.4. The van der Waals surface area contributed by atoms with Crippen molar-refractivity contribution in [1.82, 2.24) is 9.21 Å². The van der Waals surface area contributed by atoms with Crippen LogP contribution in [0.4, 0.5) is 0 Å². The third kappa shape index (κ3) is 4.82. The van der Waals surface area contributed by atoms with Gasteiger partial charge in [0.2, 0.25) is 10.0 Å². The van der Waals surface area contributed by atoms with Crippen LogP contribution in [0.5, 0.6) is 5.75 Å². The van der Waals surface area contributed by atoms with E-state index in [0.717, 1.165) is 17.9 Å². The molecule has 0 N–H and O–H groups in total. The molecule has 0 aromatic heterocycles. The lowest BCUT2D eigenvalue weighted by Crippen LogP contribution is -2.48. The molecule has 146 valence electrons. The highest BCUT2D eigenvalue weighted by Gasteiger charge is 2.30. The molecule has 0 unspecified atom stereocenters. The fourth-order valence-corrected chi connectivity index (χ4v) is 5.19. The maximum absolute atomic E-state index is 12.9. The Bertz CT molecular complexity index is 877. The Morgan fingerprint density at radius 2 is 1.70 bits per heavy atom. The van der Waals surface area contributed by atoms with E-state index in [-0.39, 0.29) is 9.92 Å². The molecule has 1 aliphatic rings. The summed E-state index contributed by atoms with van der Waals surface area (Å²) < 4.78 is 32.8. The van der Waals surface area contributed by atoms with E-state index >= 15 is 0 Å². The summed E-state index contributed by atoms with van der Waals surface area (Å²) in [6.45, 7) is 7.61. The van der Waals surface area contributed by atoms with Gasteiger partial charge in [0.05, 0.1) is 11.6 Å². The molecule has 0 spiro atoms. The number of aryl methyl sites for hydroxylation is 1. The zero-order valence-electron chi connectivity index (χ0n) is 15.7. The number of ether oxygens (including phenoxy) is 1. The Balaban J connectivity index is 1.61. The fraction of sp³-hybridized carbons (Fsp3) is 0.400. The Hall–Kier alpha value is -1.60. The Morgan fingerprint density at radius 1 is 1.04 bits per heavy atom. The number of hydrogen-bond donors (Lipinski definition) is 0. The predicted octanol–water partition coefficient (Wildman–Crippen LogP) is 3.55. The monoisotopic (exact) mass is 408 g/mol. The summed E-state index contributed by atoms with van der Waals surface area (Å²) in [5.41, 5.74) is 2.13. The minimum Gasteiger partial charge on any atom is -0.494 e. The average Bonchev–Trinajstić information content (AvgIpc) is 2.64. The van der Waals surface area contributed by atoms with Crippen molar-refractivity contribution in [3.05, 3.63) is 58.6 Å². The number of rotatable bonds is 6. The van der Waals surface area contributed by atoms with Crippen molar-refractivity contribution in [3.63, 3.8) is 0 Å². The summed E-state index contributed by atoms with van der Waals surface area (Å²) in [5.74, 6) is 0.868. The molecule has 1 heterocycles. The first kappa shape index (κ1) is 20.1. The van der Waals surface area contributed by atoms with Crippen LogP contribution in [0.15, 0.2) is 47.4 Å². The van der Waals surface area contributed by atoms with E-state index in [1.807, 2.05) is 26.0 Å². The smallest absolute Gasteiger partial charge is 0.244 e. The number of piperazine rings is 1. The van der Waals surface area contributed by atoms with Crippen molar-refractivity contribution in [3.8, 4) is 5.75 Å². The molecule has 0 saturated carbocycles. The van der Waals surface area contributed by atoms with Gasteiger partial charge < -0.3 is 4.74 Å². The normalized spacial score (nSPS) is 16.4. The molecular weight excluding hydrogens is 384 g/mol. The summed E-state index contributed by atoms with van der Waals surface area (Å²) in [5, 5.41) is 0.284. The van der Waals surface area contributed by atoms with E-state index in [1.165, 1.54) is 9.87 Å². The number of benzene rings is 2. The molecule has 2 aromatic carbocycles. The Kier molecular flexibility index (Phi) is 6.42. The summed E-state index contributed by atoms with van der Waals surface area (Å²) in [7, 11) is -3.56. The van der Waals surface area contributed by atoms with E-state index in [0.29, 0.717) is 32.8 Å². The first-order valence-electron chi connectivity index (χ1n) is 9.10. The molecule has 0 amide bonds. The lowest BCUT2D eigenvalue weighted by molar-refractivity contribution is 0.181. The van der Waals surface area contributed by atoms with Gasteiger partial charge in [-0.15, -0.1) is 0 Å². The van der Waals surface area contributed by atoms with Crippen LogP contribution in [0.3, 0.4) is 0 Å². The van der Waals surface area contributed by atoms with Gasteiger partial charge in [-0.25, -0.2) is 8.42 Å². The number of hydrogen-bond acceptors (Lipinski definition) is 4. The largest absolute Gasteiger partial charge is 0.494 e. The van der Waals surface area contributed by atoms with Crippen LogP contribution in [-0.4, -0.2) is 50.4 Å². The van der Waals surface area contributed by atoms with Gasteiger partial charge in [-0.2, -0.15) is 4.31 Å². The topological polar surface area (TPSA) is 49.9 Å². The lowest BCUT2D eigenvalue weighted by atomic mass is 10.2. The third-order valence-electron chi connectivity index (χ3n) is 4.68. The van der Waals surface area contributed by atoms with E-state index in [4.69, 9.17) is 16.3 Å². The molecule has 0 radical (unpaired) electrons. The first-order valence-corrected chi connectivity index (χ1v) is 10.9. The molecule has 1 aliphatic heterocycles. The zero-order valence-corrected chi connectivity index (χ0v) is 17.3.